The molecule has 86 valence electrons. The summed E-state index contributed by atoms with van der Waals surface area (Å²) < 4.78 is 0. The molecule has 1 saturated heterocycles. The van der Waals surface area contributed by atoms with Gasteiger partial charge in [-0.1, -0.05) is 29.8 Å². The van der Waals surface area contributed by atoms with Crippen LogP contribution < -0.4 is 10.6 Å². The van der Waals surface area contributed by atoms with Crippen LogP contribution in [-0.4, -0.2) is 25.0 Å². The van der Waals surface area contributed by atoms with Crippen molar-refractivity contribution in [2.45, 2.75) is 25.8 Å². The Hall–Kier alpha value is -1.35. The van der Waals surface area contributed by atoms with Gasteiger partial charge in [0, 0.05) is 12.6 Å². The molecule has 0 aromatic heterocycles. The fourth-order valence-corrected chi connectivity index (χ4v) is 2.06. The predicted octanol–water partition coefficient (Wildman–Crippen LogP) is 1.02. The molecule has 3 heteroatoms. The van der Waals surface area contributed by atoms with Gasteiger partial charge >= 0.3 is 0 Å². The van der Waals surface area contributed by atoms with Crippen LogP contribution in [0, 0.1) is 6.92 Å². The minimum Gasteiger partial charge on any atom is -0.352 e. The molecular formula is C13H18N2O. The van der Waals surface area contributed by atoms with Crippen LogP contribution in [0.2, 0.25) is 0 Å². The van der Waals surface area contributed by atoms with E-state index in [0.29, 0.717) is 12.5 Å². The third-order valence-electron chi connectivity index (χ3n) is 2.87. The maximum Gasteiger partial charge on any atom is 0.224 e. The van der Waals surface area contributed by atoms with Crippen LogP contribution in [0.4, 0.5) is 0 Å². The zero-order chi connectivity index (χ0) is 11.4. The lowest BCUT2D eigenvalue weighted by molar-refractivity contribution is -0.121. The van der Waals surface area contributed by atoms with Gasteiger partial charge in [-0.15, -0.1) is 0 Å². The van der Waals surface area contributed by atoms with Crippen molar-refractivity contribution < 1.29 is 4.79 Å². The number of hydrogen-bond acceptors (Lipinski definition) is 2. The Bertz CT molecular complexity index is 370. The van der Waals surface area contributed by atoms with E-state index in [-0.39, 0.29) is 5.91 Å². The van der Waals surface area contributed by atoms with Crippen LogP contribution in [0.25, 0.3) is 0 Å². The second-order valence-corrected chi connectivity index (χ2v) is 4.42. The van der Waals surface area contributed by atoms with Crippen LogP contribution in [0.1, 0.15) is 17.5 Å². The minimum absolute atomic E-state index is 0.124. The number of benzene rings is 1. The highest BCUT2D eigenvalue weighted by molar-refractivity contribution is 5.78. The van der Waals surface area contributed by atoms with E-state index in [1.54, 1.807) is 0 Å². The maximum absolute atomic E-state index is 11.7. The van der Waals surface area contributed by atoms with Crippen molar-refractivity contribution in [1.29, 1.82) is 0 Å². The number of rotatable bonds is 3. The molecule has 1 amide bonds. The highest BCUT2D eigenvalue weighted by Gasteiger charge is 2.16. The molecule has 3 nitrogen and oxygen atoms in total. The molecule has 0 aliphatic carbocycles. The summed E-state index contributed by atoms with van der Waals surface area (Å²) in [5.74, 6) is 0.124. The van der Waals surface area contributed by atoms with E-state index in [1.807, 2.05) is 25.1 Å². The normalized spacial score (nSPS) is 19.7. The van der Waals surface area contributed by atoms with E-state index in [9.17, 15) is 4.79 Å². The third kappa shape index (κ3) is 3.07. The molecule has 1 fully saturated rings. The Labute approximate surface area is 96.2 Å². The number of aryl methyl sites for hydroxylation is 1. The molecule has 1 heterocycles. The van der Waals surface area contributed by atoms with Gasteiger partial charge in [-0.3, -0.25) is 4.79 Å². The fourth-order valence-electron chi connectivity index (χ4n) is 2.06. The van der Waals surface area contributed by atoms with E-state index in [1.165, 1.54) is 5.56 Å². The molecule has 2 N–H and O–H groups in total. The number of carbonyl (C=O) groups excluding carboxylic acids is 1. The minimum atomic E-state index is 0.124. The van der Waals surface area contributed by atoms with Gasteiger partial charge in [0.15, 0.2) is 0 Å². The number of nitrogens with one attached hydrogen (secondary N) is 2. The monoisotopic (exact) mass is 218 g/mol. The second kappa shape index (κ2) is 5.12. The van der Waals surface area contributed by atoms with E-state index in [4.69, 9.17) is 0 Å². The summed E-state index contributed by atoms with van der Waals surface area (Å²) in [7, 11) is 0. The van der Waals surface area contributed by atoms with Crippen molar-refractivity contribution in [1.82, 2.24) is 10.6 Å². The lowest BCUT2D eigenvalue weighted by Gasteiger charge is -2.11. The van der Waals surface area contributed by atoms with E-state index >= 15 is 0 Å². The Balaban J connectivity index is 1.86. The van der Waals surface area contributed by atoms with Crippen LogP contribution in [0.15, 0.2) is 24.3 Å². The predicted molar refractivity (Wildman–Crippen MR) is 64.3 cm³/mol. The van der Waals surface area contributed by atoms with E-state index in [2.05, 4.69) is 16.7 Å². The summed E-state index contributed by atoms with van der Waals surface area (Å²) in [5.41, 5.74) is 2.29. The number of hydrogen-bond donors (Lipinski definition) is 2. The first kappa shape index (κ1) is 11.1. The molecule has 1 aliphatic heterocycles. The molecule has 0 radical (unpaired) electrons. The van der Waals surface area contributed by atoms with E-state index < -0.39 is 0 Å². The summed E-state index contributed by atoms with van der Waals surface area (Å²) >= 11 is 0. The molecule has 16 heavy (non-hydrogen) atoms. The van der Waals surface area contributed by atoms with Gasteiger partial charge in [-0.25, -0.2) is 0 Å². The van der Waals surface area contributed by atoms with Gasteiger partial charge in [0.25, 0.3) is 0 Å². The lowest BCUT2D eigenvalue weighted by atomic mass is 10.1. The lowest BCUT2D eigenvalue weighted by Crippen LogP contribution is -2.37. The van der Waals surface area contributed by atoms with Crippen molar-refractivity contribution in [3.05, 3.63) is 35.4 Å². The average molecular weight is 218 g/mol. The van der Waals surface area contributed by atoms with Crippen LogP contribution in [0.5, 0.6) is 0 Å². The summed E-state index contributed by atoms with van der Waals surface area (Å²) in [4.78, 5) is 11.7. The quantitative estimate of drug-likeness (QED) is 0.795. The largest absolute Gasteiger partial charge is 0.352 e. The molecule has 1 aliphatic rings. The van der Waals surface area contributed by atoms with E-state index in [0.717, 1.165) is 25.1 Å². The fraction of sp³-hybridized carbons (Fsp3) is 0.462. The summed E-state index contributed by atoms with van der Waals surface area (Å²) in [6.07, 6.45) is 1.53. The van der Waals surface area contributed by atoms with Crippen molar-refractivity contribution >= 4 is 5.91 Å². The van der Waals surface area contributed by atoms with Crippen molar-refractivity contribution in [2.75, 3.05) is 13.1 Å². The first-order valence-electron chi connectivity index (χ1n) is 5.79. The Kier molecular flexibility index (Phi) is 3.57. The molecular weight excluding hydrogens is 200 g/mol. The number of carbonyl (C=O) groups is 1. The standard InChI is InChI=1S/C13H18N2O/c1-10-3-2-4-11(7-10)8-13(16)15-12-5-6-14-9-12/h2-4,7,12,14H,5-6,8-9H2,1H3,(H,15,16)/t12-/m1/s1. The Morgan fingerprint density at radius 3 is 3.12 bits per heavy atom. The molecule has 0 bridgehead atoms. The van der Waals surface area contributed by atoms with Crippen molar-refractivity contribution in [2.24, 2.45) is 0 Å². The van der Waals surface area contributed by atoms with Crippen molar-refractivity contribution in [3.63, 3.8) is 0 Å². The zero-order valence-corrected chi connectivity index (χ0v) is 9.62. The highest BCUT2D eigenvalue weighted by atomic mass is 16.1. The second-order valence-electron chi connectivity index (χ2n) is 4.42. The summed E-state index contributed by atoms with van der Waals surface area (Å²) in [5, 5.41) is 6.28. The van der Waals surface area contributed by atoms with Gasteiger partial charge in [0.2, 0.25) is 5.91 Å². The van der Waals surface area contributed by atoms with Crippen molar-refractivity contribution in [3.8, 4) is 0 Å². The van der Waals surface area contributed by atoms with Gasteiger partial charge in [-0.2, -0.15) is 0 Å². The zero-order valence-electron chi connectivity index (χ0n) is 9.62. The molecule has 0 saturated carbocycles. The molecule has 1 aromatic carbocycles. The third-order valence-corrected chi connectivity index (χ3v) is 2.87. The SMILES string of the molecule is Cc1cccc(CC(=O)N[C@@H]2CCNC2)c1. The smallest absolute Gasteiger partial charge is 0.224 e. The molecule has 1 aromatic rings. The van der Waals surface area contributed by atoms with Crippen LogP contribution >= 0.6 is 0 Å². The topological polar surface area (TPSA) is 41.1 Å². The van der Waals surface area contributed by atoms with Gasteiger partial charge in [0.1, 0.15) is 0 Å². The number of amides is 1. The molecule has 0 unspecified atom stereocenters. The highest BCUT2D eigenvalue weighted by Crippen LogP contribution is 2.05. The average Bonchev–Trinajstić information content (AvgIpc) is 2.70. The first-order valence-corrected chi connectivity index (χ1v) is 5.79. The van der Waals surface area contributed by atoms with Gasteiger partial charge in [-0.05, 0) is 25.5 Å². The van der Waals surface area contributed by atoms with Crippen LogP contribution in [0.3, 0.4) is 0 Å². The molecule has 0 spiro atoms. The summed E-state index contributed by atoms with van der Waals surface area (Å²) in [6, 6.07) is 8.42. The Morgan fingerprint density at radius 2 is 2.44 bits per heavy atom. The maximum atomic E-state index is 11.7. The molecule has 1 atom stereocenters. The van der Waals surface area contributed by atoms with Gasteiger partial charge in [0.05, 0.1) is 6.42 Å². The summed E-state index contributed by atoms with van der Waals surface area (Å²) in [6.45, 7) is 3.96. The Morgan fingerprint density at radius 1 is 1.56 bits per heavy atom. The molecule has 2 rings (SSSR count). The van der Waals surface area contributed by atoms with Crippen LogP contribution in [-0.2, 0) is 11.2 Å². The first-order chi connectivity index (χ1) is 7.74. The van der Waals surface area contributed by atoms with Gasteiger partial charge < -0.3 is 10.6 Å².